The molecule has 1 aromatic carbocycles. The first-order chi connectivity index (χ1) is 15.4. The Bertz CT molecular complexity index is 1310. The number of aryl methyl sites for hydroxylation is 1. The van der Waals surface area contributed by atoms with Crippen molar-refractivity contribution in [3.63, 3.8) is 0 Å². The largest absolute Gasteiger partial charge is 0.361 e. The van der Waals surface area contributed by atoms with E-state index >= 15 is 0 Å². The van der Waals surface area contributed by atoms with E-state index in [1.165, 1.54) is 23.5 Å². The molecule has 7 nitrogen and oxygen atoms in total. The molecule has 0 aliphatic rings. The van der Waals surface area contributed by atoms with Crippen LogP contribution >= 0.6 is 22.9 Å². The monoisotopic (exact) mass is 485 g/mol. The lowest BCUT2D eigenvalue weighted by atomic mass is 10.2. The highest BCUT2D eigenvalue weighted by Gasteiger charge is 2.18. The van der Waals surface area contributed by atoms with Crippen LogP contribution in [-0.2, 0) is 16.4 Å². The van der Waals surface area contributed by atoms with E-state index in [1.807, 2.05) is 25.1 Å². The number of anilines is 2. The summed E-state index contributed by atoms with van der Waals surface area (Å²) >= 11 is 7.65. The van der Waals surface area contributed by atoms with E-state index in [0.29, 0.717) is 6.54 Å². The summed E-state index contributed by atoms with van der Waals surface area (Å²) in [6, 6.07) is 15.6. The summed E-state index contributed by atoms with van der Waals surface area (Å²) in [7, 11) is -3.78. The number of sulfonamides is 1. The van der Waals surface area contributed by atoms with Crippen LogP contribution in [0.5, 0.6) is 0 Å². The Morgan fingerprint density at radius 3 is 2.59 bits per heavy atom. The molecule has 0 amide bonds. The van der Waals surface area contributed by atoms with E-state index in [-0.39, 0.29) is 15.7 Å². The molecule has 0 saturated carbocycles. The lowest BCUT2D eigenvalue weighted by Gasteiger charge is -2.10. The number of nitrogens with zero attached hydrogens (tertiary/aromatic N) is 3. The number of thiazole rings is 1. The fraction of sp³-hybridized carbons (Fsp3) is 0.136. The highest BCUT2D eigenvalue weighted by molar-refractivity contribution is 7.92. The van der Waals surface area contributed by atoms with Crippen molar-refractivity contribution < 1.29 is 8.42 Å². The van der Waals surface area contributed by atoms with Gasteiger partial charge >= 0.3 is 0 Å². The summed E-state index contributed by atoms with van der Waals surface area (Å²) in [6.07, 6.45) is 4.17. The van der Waals surface area contributed by atoms with Gasteiger partial charge in [-0.05, 0) is 37.3 Å². The molecule has 0 unspecified atom stereocenters. The molecule has 164 valence electrons. The molecule has 3 heterocycles. The number of benzene rings is 1. The maximum atomic E-state index is 12.7. The van der Waals surface area contributed by atoms with Crippen LogP contribution in [0.1, 0.15) is 11.4 Å². The van der Waals surface area contributed by atoms with E-state index in [9.17, 15) is 8.42 Å². The second kappa shape index (κ2) is 9.64. The fourth-order valence-electron chi connectivity index (χ4n) is 3.03. The van der Waals surface area contributed by atoms with Gasteiger partial charge in [0.2, 0.25) is 0 Å². The number of hydrogen-bond acceptors (Lipinski definition) is 7. The van der Waals surface area contributed by atoms with Crippen molar-refractivity contribution >= 4 is 43.8 Å². The third-order valence-electron chi connectivity index (χ3n) is 4.58. The van der Waals surface area contributed by atoms with Crippen LogP contribution < -0.4 is 10.0 Å². The Kier molecular flexibility index (Phi) is 6.69. The molecule has 10 heteroatoms. The zero-order chi connectivity index (χ0) is 22.6. The Hall–Kier alpha value is -3.01. The predicted octanol–water partition coefficient (Wildman–Crippen LogP) is 5.02. The summed E-state index contributed by atoms with van der Waals surface area (Å²) in [6.45, 7) is 2.60. The van der Waals surface area contributed by atoms with Crippen LogP contribution in [0.3, 0.4) is 0 Å². The van der Waals surface area contributed by atoms with Crippen molar-refractivity contribution in [3.05, 3.63) is 83.5 Å². The lowest BCUT2D eigenvalue weighted by Crippen LogP contribution is -2.13. The highest BCUT2D eigenvalue weighted by atomic mass is 35.5. The minimum absolute atomic E-state index is 0.0733. The molecule has 0 fully saturated rings. The second-order valence-corrected chi connectivity index (χ2v) is 9.95. The van der Waals surface area contributed by atoms with Crippen LogP contribution in [0.2, 0.25) is 5.15 Å². The minimum atomic E-state index is -3.78. The summed E-state index contributed by atoms with van der Waals surface area (Å²) in [5.74, 6) is 0. The van der Waals surface area contributed by atoms with Crippen molar-refractivity contribution in [3.8, 4) is 10.4 Å². The Morgan fingerprint density at radius 1 is 1.06 bits per heavy atom. The van der Waals surface area contributed by atoms with Gasteiger partial charge in [0.1, 0.15) is 0 Å². The maximum Gasteiger partial charge on any atom is 0.261 e. The van der Waals surface area contributed by atoms with Gasteiger partial charge in [-0.3, -0.25) is 9.71 Å². The number of pyridine rings is 2. The van der Waals surface area contributed by atoms with E-state index in [2.05, 4.69) is 25.0 Å². The zero-order valence-electron chi connectivity index (χ0n) is 17.1. The molecule has 0 aliphatic heterocycles. The molecule has 2 N–H and O–H groups in total. The highest BCUT2D eigenvalue weighted by Crippen LogP contribution is 2.35. The third-order valence-corrected chi connectivity index (χ3v) is 7.43. The van der Waals surface area contributed by atoms with E-state index in [0.717, 1.165) is 33.4 Å². The molecule has 0 aliphatic carbocycles. The first kappa shape index (κ1) is 22.2. The van der Waals surface area contributed by atoms with Crippen molar-refractivity contribution in [2.75, 3.05) is 16.6 Å². The quantitative estimate of drug-likeness (QED) is 0.340. The normalized spacial score (nSPS) is 11.3. The van der Waals surface area contributed by atoms with Gasteiger partial charge in [-0.15, -0.1) is 0 Å². The SMILES string of the molecule is Cc1nc(NCCc2ccccn2)sc1-c1cnc(Cl)c(NS(=O)(=O)c2ccccc2)c1. The van der Waals surface area contributed by atoms with Gasteiger partial charge in [0.05, 0.1) is 21.2 Å². The Balaban J connectivity index is 1.52. The van der Waals surface area contributed by atoms with Crippen molar-refractivity contribution in [2.24, 2.45) is 0 Å². The second-order valence-electron chi connectivity index (χ2n) is 6.91. The molecular formula is C22H20ClN5O2S2. The summed E-state index contributed by atoms with van der Waals surface area (Å²) in [5, 5.41) is 4.17. The summed E-state index contributed by atoms with van der Waals surface area (Å²) in [5.41, 5.74) is 2.76. The van der Waals surface area contributed by atoms with Crippen LogP contribution in [0, 0.1) is 6.92 Å². The number of hydrogen-bond donors (Lipinski definition) is 2. The Labute approximate surface area is 195 Å². The molecule has 4 aromatic rings. The van der Waals surface area contributed by atoms with E-state index < -0.39 is 10.0 Å². The first-order valence-corrected chi connectivity index (χ1v) is 12.4. The molecule has 3 aromatic heterocycles. The summed E-state index contributed by atoms with van der Waals surface area (Å²) in [4.78, 5) is 14.1. The fourth-order valence-corrected chi connectivity index (χ4v) is 5.29. The maximum absolute atomic E-state index is 12.7. The standard InChI is InChI=1S/C22H20ClN5O2S2/c1-15-20(31-22(27-15)25-12-10-17-7-5-6-11-24-17)16-13-19(21(23)26-14-16)28-32(29,30)18-8-3-2-4-9-18/h2-9,11,13-14,28H,10,12H2,1H3,(H,25,27). The number of halogens is 1. The van der Waals surface area contributed by atoms with Crippen molar-refractivity contribution in [1.82, 2.24) is 15.0 Å². The average molecular weight is 486 g/mol. The van der Waals surface area contributed by atoms with Crippen LogP contribution in [0.15, 0.2) is 71.9 Å². The number of rotatable bonds is 8. The predicted molar refractivity (Wildman–Crippen MR) is 129 cm³/mol. The van der Waals surface area contributed by atoms with Gasteiger partial charge in [-0.1, -0.05) is 47.2 Å². The summed E-state index contributed by atoms with van der Waals surface area (Å²) < 4.78 is 27.9. The zero-order valence-corrected chi connectivity index (χ0v) is 19.5. The number of aromatic nitrogens is 3. The van der Waals surface area contributed by atoms with Gasteiger partial charge in [-0.25, -0.2) is 18.4 Å². The molecule has 0 saturated heterocycles. The minimum Gasteiger partial charge on any atom is -0.361 e. The smallest absolute Gasteiger partial charge is 0.261 e. The van der Waals surface area contributed by atoms with Gasteiger partial charge in [0, 0.05) is 36.6 Å². The third kappa shape index (κ3) is 5.24. The van der Waals surface area contributed by atoms with Gasteiger partial charge in [-0.2, -0.15) is 0 Å². The van der Waals surface area contributed by atoms with Gasteiger partial charge in [0.25, 0.3) is 10.0 Å². The van der Waals surface area contributed by atoms with Gasteiger partial charge < -0.3 is 5.32 Å². The first-order valence-electron chi connectivity index (χ1n) is 9.77. The Morgan fingerprint density at radius 2 is 1.84 bits per heavy atom. The van der Waals surface area contributed by atoms with Crippen LogP contribution in [0.4, 0.5) is 10.8 Å². The topological polar surface area (TPSA) is 96.9 Å². The lowest BCUT2D eigenvalue weighted by molar-refractivity contribution is 0.601. The molecule has 0 radical (unpaired) electrons. The molecule has 32 heavy (non-hydrogen) atoms. The molecule has 4 rings (SSSR count). The van der Waals surface area contributed by atoms with E-state index in [4.69, 9.17) is 11.6 Å². The molecule has 0 atom stereocenters. The molecule has 0 spiro atoms. The van der Waals surface area contributed by atoms with Crippen molar-refractivity contribution in [1.29, 1.82) is 0 Å². The van der Waals surface area contributed by atoms with Gasteiger partial charge in [0.15, 0.2) is 10.3 Å². The average Bonchev–Trinajstić information content (AvgIpc) is 3.17. The molecule has 0 bridgehead atoms. The van der Waals surface area contributed by atoms with Crippen molar-refractivity contribution in [2.45, 2.75) is 18.2 Å². The molecular weight excluding hydrogens is 466 g/mol. The number of nitrogens with one attached hydrogen (secondary N) is 2. The van der Waals surface area contributed by atoms with Crippen LogP contribution in [0.25, 0.3) is 10.4 Å². The van der Waals surface area contributed by atoms with E-state index in [1.54, 1.807) is 36.7 Å². The van der Waals surface area contributed by atoms with Crippen LogP contribution in [-0.4, -0.2) is 29.9 Å².